The molecule has 1 N–H and O–H groups in total. The number of hydrogen-bond acceptors (Lipinski definition) is 3. The van der Waals surface area contributed by atoms with Gasteiger partial charge >= 0.3 is 0 Å². The lowest BCUT2D eigenvalue weighted by atomic mass is 10.3. The smallest absolute Gasteiger partial charge is 0.250 e. The number of nitrogens with zero attached hydrogens (tertiary/aromatic N) is 2. The van der Waals surface area contributed by atoms with E-state index in [1.807, 2.05) is 12.1 Å². The van der Waals surface area contributed by atoms with E-state index in [4.69, 9.17) is 0 Å². The predicted molar refractivity (Wildman–Crippen MR) is 66.6 cm³/mol. The molecule has 0 radical (unpaired) electrons. The molecule has 17 heavy (non-hydrogen) atoms. The van der Waals surface area contributed by atoms with E-state index in [-0.39, 0.29) is 12.6 Å². The van der Waals surface area contributed by atoms with Crippen LogP contribution in [0.3, 0.4) is 0 Å². The number of alkyl halides is 2. The molecule has 0 saturated carbocycles. The molecule has 1 unspecified atom stereocenters. The van der Waals surface area contributed by atoms with Crippen LogP contribution in [0.2, 0.25) is 0 Å². The molecule has 0 bridgehead atoms. The Morgan fingerprint density at radius 1 is 1.53 bits per heavy atom. The van der Waals surface area contributed by atoms with Crippen LogP contribution in [0.5, 0.6) is 0 Å². The highest BCUT2D eigenvalue weighted by Crippen LogP contribution is 2.19. The quantitative estimate of drug-likeness (QED) is 0.925. The van der Waals surface area contributed by atoms with E-state index >= 15 is 0 Å². The Kier molecular flexibility index (Phi) is 4.28. The molecule has 2 rings (SSSR count). The van der Waals surface area contributed by atoms with Crippen molar-refractivity contribution in [2.45, 2.75) is 18.9 Å². The molecular formula is C11H14BrF2N3. The minimum absolute atomic E-state index is 0.134. The van der Waals surface area contributed by atoms with Gasteiger partial charge in [-0.15, -0.1) is 0 Å². The lowest BCUT2D eigenvalue weighted by Crippen LogP contribution is -2.35. The zero-order valence-corrected chi connectivity index (χ0v) is 10.8. The van der Waals surface area contributed by atoms with Crippen molar-refractivity contribution in [1.82, 2.24) is 10.3 Å². The third kappa shape index (κ3) is 3.61. The van der Waals surface area contributed by atoms with Gasteiger partial charge in [-0.25, -0.2) is 13.8 Å². The van der Waals surface area contributed by atoms with Gasteiger partial charge in [0.15, 0.2) is 0 Å². The third-order valence-electron chi connectivity index (χ3n) is 2.78. The number of pyridine rings is 1. The summed E-state index contributed by atoms with van der Waals surface area (Å²) in [5, 5.41) is 2.86. The molecule has 1 aromatic heterocycles. The molecule has 1 aliphatic rings. The lowest BCUT2D eigenvalue weighted by molar-refractivity contribution is 0.142. The van der Waals surface area contributed by atoms with Crippen LogP contribution in [0, 0.1) is 0 Å². The number of rotatable bonds is 4. The van der Waals surface area contributed by atoms with Gasteiger partial charge in [-0.05, 0) is 34.5 Å². The van der Waals surface area contributed by atoms with Crippen molar-refractivity contribution in [3.8, 4) is 0 Å². The zero-order valence-electron chi connectivity index (χ0n) is 9.24. The largest absolute Gasteiger partial charge is 0.355 e. The van der Waals surface area contributed by atoms with Gasteiger partial charge in [-0.1, -0.05) is 0 Å². The van der Waals surface area contributed by atoms with E-state index in [0.717, 1.165) is 29.8 Å². The second-order valence-corrected chi connectivity index (χ2v) is 4.98. The van der Waals surface area contributed by atoms with E-state index < -0.39 is 6.43 Å². The first-order valence-electron chi connectivity index (χ1n) is 5.53. The van der Waals surface area contributed by atoms with Gasteiger partial charge in [-0.3, -0.25) is 0 Å². The van der Waals surface area contributed by atoms with E-state index in [2.05, 4.69) is 31.1 Å². The molecule has 3 nitrogen and oxygen atoms in total. The van der Waals surface area contributed by atoms with Crippen LogP contribution in [0.1, 0.15) is 6.42 Å². The molecule has 6 heteroatoms. The highest BCUT2D eigenvalue weighted by atomic mass is 79.9. The summed E-state index contributed by atoms with van der Waals surface area (Å²) in [6, 6.07) is 4.00. The van der Waals surface area contributed by atoms with Crippen molar-refractivity contribution in [2.75, 3.05) is 24.5 Å². The first-order chi connectivity index (χ1) is 8.15. The zero-order chi connectivity index (χ0) is 12.3. The van der Waals surface area contributed by atoms with Crippen molar-refractivity contribution in [3.05, 3.63) is 22.8 Å². The average Bonchev–Trinajstić information content (AvgIpc) is 2.76. The van der Waals surface area contributed by atoms with Gasteiger partial charge in [0.2, 0.25) is 0 Å². The first kappa shape index (κ1) is 12.7. The van der Waals surface area contributed by atoms with Crippen LogP contribution < -0.4 is 10.2 Å². The Hall–Kier alpha value is -0.750. The van der Waals surface area contributed by atoms with Crippen molar-refractivity contribution in [2.24, 2.45) is 0 Å². The van der Waals surface area contributed by atoms with E-state index in [1.165, 1.54) is 0 Å². The summed E-state index contributed by atoms with van der Waals surface area (Å²) < 4.78 is 25.1. The second-order valence-electron chi connectivity index (χ2n) is 4.07. The van der Waals surface area contributed by atoms with Crippen LogP contribution >= 0.6 is 15.9 Å². The fourth-order valence-electron chi connectivity index (χ4n) is 1.95. The Labute approximate surface area is 107 Å². The van der Waals surface area contributed by atoms with Gasteiger partial charge < -0.3 is 10.2 Å². The van der Waals surface area contributed by atoms with E-state index in [9.17, 15) is 8.78 Å². The third-order valence-corrected chi connectivity index (χ3v) is 3.25. The van der Waals surface area contributed by atoms with Crippen LogP contribution in [0.15, 0.2) is 22.8 Å². The minimum atomic E-state index is -2.28. The number of nitrogens with one attached hydrogen (secondary N) is 1. The van der Waals surface area contributed by atoms with Crippen molar-refractivity contribution in [1.29, 1.82) is 0 Å². The molecule has 1 saturated heterocycles. The summed E-state index contributed by atoms with van der Waals surface area (Å²) in [6.45, 7) is 1.36. The van der Waals surface area contributed by atoms with Gasteiger partial charge in [-0.2, -0.15) is 0 Å². The molecule has 94 valence electrons. The van der Waals surface area contributed by atoms with Crippen LogP contribution in [0.4, 0.5) is 14.6 Å². The number of halogens is 3. The van der Waals surface area contributed by atoms with Gasteiger partial charge in [0, 0.05) is 29.8 Å². The molecule has 1 fully saturated rings. The molecule has 0 spiro atoms. The fraction of sp³-hybridized carbons (Fsp3) is 0.545. The van der Waals surface area contributed by atoms with Gasteiger partial charge in [0.25, 0.3) is 6.43 Å². The molecular weight excluding hydrogens is 292 g/mol. The SMILES string of the molecule is FC(F)CNC1CCN(c2ccc(Br)cn2)C1. The summed E-state index contributed by atoms with van der Waals surface area (Å²) in [6.07, 6.45) is 0.342. The lowest BCUT2D eigenvalue weighted by Gasteiger charge is -2.17. The molecule has 1 aromatic rings. The Morgan fingerprint density at radius 2 is 2.35 bits per heavy atom. The highest BCUT2D eigenvalue weighted by Gasteiger charge is 2.23. The Morgan fingerprint density at radius 3 is 3.00 bits per heavy atom. The topological polar surface area (TPSA) is 28.2 Å². The summed E-state index contributed by atoms with van der Waals surface area (Å²) in [7, 11) is 0. The maximum atomic E-state index is 12.1. The van der Waals surface area contributed by atoms with E-state index in [0.29, 0.717) is 0 Å². The fourth-order valence-corrected chi connectivity index (χ4v) is 2.18. The van der Waals surface area contributed by atoms with Gasteiger partial charge in [0.05, 0.1) is 6.54 Å². The van der Waals surface area contributed by atoms with Crippen molar-refractivity contribution < 1.29 is 8.78 Å². The van der Waals surface area contributed by atoms with Crippen LogP contribution in [-0.2, 0) is 0 Å². The molecule has 0 amide bonds. The molecule has 1 aliphatic heterocycles. The summed E-state index contributed by atoms with van der Waals surface area (Å²) in [5.41, 5.74) is 0. The monoisotopic (exact) mass is 305 g/mol. The van der Waals surface area contributed by atoms with Crippen molar-refractivity contribution in [3.63, 3.8) is 0 Å². The number of anilines is 1. The average molecular weight is 306 g/mol. The Balaban J connectivity index is 1.87. The van der Waals surface area contributed by atoms with Gasteiger partial charge in [0.1, 0.15) is 5.82 Å². The number of hydrogen-bond donors (Lipinski definition) is 1. The van der Waals surface area contributed by atoms with Crippen LogP contribution in [0.25, 0.3) is 0 Å². The molecule has 0 aromatic carbocycles. The maximum absolute atomic E-state index is 12.1. The minimum Gasteiger partial charge on any atom is -0.355 e. The molecule has 1 atom stereocenters. The predicted octanol–water partition coefficient (Wildman–Crippen LogP) is 2.28. The van der Waals surface area contributed by atoms with Crippen molar-refractivity contribution >= 4 is 21.7 Å². The van der Waals surface area contributed by atoms with Crippen LogP contribution in [-0.4, -0.2) is 37.1 Å². The normalized spacial score (nSPS) is 20.2. The maximum Gasteiger partial charge on any atom is 0.250 e. The van der Waals surface area contributed by atoms with E-state index in [1.54, 1.807) is 6.20 Å². The standard InChI is InChI=1S/C11H14BrF2N3/c12-8-1-2-11(16-5-8)17-4-3-9(7-17)15-6-10(13)14/h1-2,5,9-10,15H,3-4,6-7H2. The highest BCUT2D eigenvalue weighted by molar-refractivity contribution is 9.10. The Bertz CT molecular complexity index is 358. The first-order valence-corrected chi connectivity index (χ1v) is 6.32. The molecule has 0 aliphatic carbocycles. The summed E-state index contributed by atoms with van der Waals surface area (Å²) in [5.74, 6) is 0.898. The molecule has 2 heterocycles. The summed E-state index contributed by atoms with van der Waals surface area (Å²) >= 11 is 3.33. The number of aromatic nitrogens is 1. The second kappa shape index (κ2) is 5.73. The summed E-state index contributed by atoms with van der Waals surface area (Å²) in [4.78, 5) is 6.40.